The van der Waals surface area contributed by atoms with E-state index in [0.717, 1.165) is 5.56 Å². The molecule has 22 heavy (non-hydrogen) atoms. The molecule has 0 saturated carbocycles. The van der Waals surface area contributed by atoms with Crippen molar-refractivity contribution in [1.29, 1.82) is 0 Å². The molecule has 5 nitrogen and oxygen atoms in total. The highest BCUT2D eigenvalue weighted by atomic mass is 35.5. The van der Waals surface area contributed by atoms with Crippen LogP contribution in [0.1, 0.15) is 23.6 Å². The lowest BCUT2D eigenvalue weighted by Gasteiger charge is -2.18. The van der Waals surface area contributed by atoms with Gasteiger partial charge in [0.15, 0.2) is 0 Å². The van der Waals surface area contributed by atoms with Gasteiger partial charge in [-0.05, 0) is 23.6 Å². The number of nitro groups is 1. The largest absolute Gasteiger partial charge is 0.396 e. The second kappa shape index (κ2) is 7.89. The zero-order valence-corrected chi connectivity index (χ0v) is 12.7. The summed E-state index contributed by atoms with van der Waals surface area (Å²) in [5.41, 5.74) is 1.73. The number of aliphatic hydroxyl groups excluding tert-OH is 1. The Morgan fingerprint density at radius 1 is 1.23 bits per heavy atom. The average molecular weight is 321 g/mol. The third-order valence-electron chi connectivity index (χ3n) is 3.40. The van der Waals surface area contributed by atoms with E-state index in [1.165, 1.54) is 18.2 Å². The molecule has 0 aliphatic carbocycles. The Morgan fingerprint density at radius 2 is 1.95 bits per heavy atom. The molecule has 0 spiro atoms. The minimum atomic E-state index is -0.442. The first-order chi connectivity index (χ1) is 10.6. The van der Waals surface area contributed by atoms with Crippen molar-refractivity contribution < 1.29 is 10.0 Å². The highest BCUT2D eigenvalue weighted by Crippen LogP contribution is 2.23. The second-order valence-corrected chi connectivity index (χ2v) is 5.30. The average Bonchev–Trinajstić information content (AvgIpc) is 2.53. The van der Waals surface area contributed by atoms with E-state index in [1.54, 1.807) is 0 Å². The highest BCUT2D eigenvalue weighted by Gasteiger charge is 2.13. The van der Waals surface area contributed by atoms with Crippen molar-refractivity contribution in [2.45, 2.75) is 19.0 Å². The quantitative estimate of drug-likeness (QED) is 0.605. The summed E-state index contributed by atoms with van der Waals surface area (Å²) < 4.78 is 0. The van der Waals surface area contributed by atoms with Gasteiger partial charge in [0.25, 0.3) is 5.69 Å². The van der Waals surface area contributed by atoms with Gasteiger partial charge in [-0.1, -0.05) is 41.9 Å². The van der Waals surface area contributed by atoms with Gasteiger partial charge in [0.1, 0.15) is 0 Å². The molecule has 0 bridgehead atoms. The van der Waals surface area contributed by atoms with E-state index in [2.05, 4.69) is 5.32 Å². The minimum absolute atomic E-state index is 0.0135. The van der Waals surface area contributed by atoms with Gasteiger partial charge in [-0.25, -0.2) is 0 Å². The first kappa shape index (κ1) is 16.4. The number of hydrogen-bond donors (Lipinski definition) is 2. The Balaban J connectivity index is 2.12. The molecule has 0 fully saturated rings. The number of nitrogens with zero attached hydrogens (tertiary/aromatic N) is 1. The first-order valence-electron chi connectivity index (χ1n) is 6.94. The minimum Gasteiger partial charge on any atom is -0.396 e. The number of halogens is 1. The van der Waals surface area contributed by atoms with Crippen molar-refractivity contribution >= 4 is 17.3 Å². The van der Waals surface area contributed by atoms with Gasteiger partial charge in [-0.3, -0.25) is 10.1 Å². The van der Waals surface area contributed by atoms with Crippen LogP contribution in [-0.2, 0) is 6.54 Å². The molecule has 0 aliphatic heterocycles. The normalized spacial score (nSPS) is 12.1. The standard InChI is InChI=1S/C16H17ClN2O3/c17-15-7-6-14(19(21)22)10-13(15)11-18-16(8-9-20)12-4-2-1-3-5-12/h1-7,10,16,18,20H,8-9,11H2/t16-/m1/s1. The van der Waals surface area contributed by atoms with Gasteiger partial charge in [-0.2, -0.15) is 0 Å². The van der Waals surface area contributed by atoms with Crippen LogP contribution >= 0.6 is 11.6 Å². The molecule has 2 N–H and O–H groups in total. The van der Waals surface area contributed by atoms with Crippen molar-refractivity contribution in [1.82, 2.24) is 5.32 Å². The van der Waals surface area contributed by atoms with E-state index >= 15 is 0 Å². The molecule has 2 rings (SSSR count). The predicted molar refractivity (Wildman–Crippen MR) is 85.8 cm³/mol. The third-order valence-corrected chi connectivity index (χ3v) is 3.77. The van der Waals surface area contributed by atoms with Crippen molar-refractivity contribution in [3.63, 3.8) is 0 Å². The van der Waals surface area contributed by atoms with E-state index in [1.807, 2.05) is 30.3 Å². The maximum Gasteiger partial charge on any atom is 0.269 e. The summed E-state index contributed by atoms with van der Waals surface area (Å²) in [5, 5.41) is 23.8. The number of rotatable bonds is 7. The lowest BCUT2D eigenvalue weighted by molar-refractivity contribution is -0.384. The fourth-order valence-corrected chi connectivity index (χ4v) is 2.43. The Labute approximate surface area is 133 Å². The summed E-state index contributed by atoms with van der Waals surface area (Å²) >= 11 is 6.10. The molecular formula is C16H17ClN2O3. The van der Waals surface area contributed by atoms with Gasteiger partial charge in [0.2, 0.25) is 0 Å². The predicted octanol–water partition coefficient (Wildman–Crippen LogP) is 3.46. The Kier molecular flexibility index (Phi) is 5.89. The van der Waals surface area contributed by atoms with Crippen LogP contribution < -0.4 is 5.32 Å². The molecule has 0 saturated heterocycles. The molecule has 1 atom stereocenters. The van der Waals surface area contributed by atoms with Crippen LogP contribution in [0.2, 0.25) is 5.02 Å². The van der Waals surface area contributed by atoms with Crippen molar-refractivity contribution in [3.05, 3.63) is 74.8 Å². The molecule has 0 heterocycles. The molecule has 0 radical (unpaired) electrons. The number of benzene rings is 2. The van der Waals surface area contributed by atoms with Gasteiger partial charge >= 0.3 is 0 Å². The van der Waals surface area contributed by atoms with Crippen LogP contribution in [0.5, 0.6) is 0 Å². The van der Waals surface area contributed by atoms with Crippen molar-refractivity contribution in [3.8, 4) is 0 Å². The Morgan fingerprint density at radius 3 is 2.59 bits per heavy atom. The van der Waals surface area contributed by atoms with Crippen LogP contribution in [0.3, 0.4) is 0 Å². The number of nitro benzene ring substituents is 1. The smallest absolute Gasteiger partial charge is 0.269 e. The number of nitrogens with one attached hydrogen (secondary N) is 1. The van der Waals surface area contributed by atoms with Crippen LogP contribution in [-0.4, -0.2) is 16.6 Å². The summed E-state index contributed by atoms with van der Waals surface area (Å²) in [6.07, 6.45) is 0.552. The summed E-state index contributed by atoms with van der Waals surface area (Å²) in [4.78, 5) is 10.4. The maximum absolute atomic E-state index is 10.8. The number of hydrogen-bond acceptors (Lipinski definition) is 4. The van der Waals surface area contributed by atoms with Crippen LogP contribution in [0.15, 0.2) is 48.5 Å². The zero-order chi connectivity index (χ0) is 15.9. The van der Waals surface area contributed by atoms with E-state index in [-0.39, 0.29) is 18.3 Å². The van der Waals surface area contributed by atoms with Gasteiger partial charge in [0, 0.05) is 36.3 Å². The first-order valence-corrected chi connectivity index (χ1v) is 7.31. The van der Waals surface area contributed by atoms with Crippen molar-refractivity contribution in [2.75, 3.05) is 6.61 Å². The topological polar surface area (TPSA) is 75.4 Å². The highest BCUT2D eigenvalue weighted by molar-refractivity contribution is 6.31. The molecule has 6 heteroatoms. The molecule has 0 aromatic heterocycles. The van der Waals surface area contributed by atoms with Crippen LogP contribution in [0.4, 0.5) is 5.69 Å². The zero-order valence-electron chi connectivity index (χ0n) is 11.9. The fourth-order valence-electron chi connectivity index (χ4n) is 2.24. The maximum atomic E-state index is 10.8. The summed E-state index contributed by atoms with van der Waals surface area (Å²) in [7, 11) is 0. The molecule has 2 aromatic carbocycles. The molecule has 0 aliphatic rings. The van der Waals surface area contributed by atoms with E-state index in [4.69, 9.17) is 11.6 Å². The van der Waals surface area contributed by atoms with E-state index < -0.39 is 4.92 Å². The summed E-state index contributed by atoms with van der Waals surface area (Å²) in [5.74, 6) is 0. The number of aliphatic hydroxyl groups is 1. The third kappa shape index (κ3) is 4.27. The van der Waals surface area contributed by atoms with Crippen molar-refractivity contribution in [2.24, 2.45) is 0 Å². The molecule has 0 unspecified atom stereocenters. The van der Waals surface area contributed by atoms with Crippen LogP contribution in [0, 0.1) is 10.1 Å². The molecule has 116 valence electrons. The lowest BCUT2D eigenvalue weighted by atomic mass is 10.0. The van der Waals surface area contributed by atoms with Gasteiger partial charge in [-0.15, -0.1) is 0 Å². The van der Waals surface area contributed by atoms with Crippen LogP contribution in [0.25, 0.3) is 0 Å². The van der Waals surface area contributed by atoms with Gasteiger partial charge in [0.05, 0.1) is 4.92 Å². The Bertz CT molecular complexity index is 635. The van der Waals surface area contributed by atoms with E-state index in [9.17, 15) is 15.2 Å². The van der Waals surface area contributed by atoms with E-state index in [0.29, 0.717) is 23.6 Å². The fraction of sp³-hybridized carbons (Fsp3) is 0.250. The SMILES string of the molecule is O=[N+]([O-])c1ccc(Cl)c(CN[C@H](CCO)c2ccccc2)c1. The van der Waals surface area contributed by atoms with Gasteiger partial charge < -0.3 is 10.4 Å². The molecular weight excluding hydrogens is 304 g/mol. The summed E-state index contributed by atoms with van der Waals surface area (Å²) in [6, 6.07) is 14.1. The lowest BCUT2D eigenvalue weighted by Crippen LogP contribution is -2.22. The molecule has 0 amide bonds. The number of non-ortho nitro benzene ring substituents is 1. The summed E-state index contributed by atoms with van der Waals surface area (Å²) in [6.45, 7) is 0.440. The monoisotopic (exact) mass is 320 g/mol. The Hall–Kier alpha value is -1.95. The molecule has 2 aromatic rings. The second-order valence-electron chi connectivity index (χ2n) is 4.89.